The van der Waals surface area contributed by atoms with Gasteiger partial charge in [0.1, 0.15) is 6.04 Å². The number of alkyl halides is 2. The van der Waals surface area contributed by atoms with Crippen molar-refractivity contribution in [3.05, 3.63) is 35.9 Å². The lowest BCUT2D eigenvalue weighted by Gasteiger charge is -2.28. The molecule has 0 saturated heterocycles. The van der Waals surface area contributed by atoms with E-state index in [2.05, 4.69) is 5.32 Å². The van der Waals surface area contributed by atoms with E-state index in [0.717, 1.165) is 0 Å². The molecule has 0 bridgehead atoms. The molecule has 27 heavy (non-hydrogen) atoms. The summed E-state index contributed by atoms with van der Waals surface area (Å²) in [7, 11) is 0. The first kappa shape index (κ1) is 22.9. The van der Waals surface area contributed by atoms with Crippen molar-refractivity contribution in [2.45, 2.75) is 57.7 Å². The van der Waals surface area contributed by atoms with Gasteiger partial charge in [-0.15, -0.1) is 0 Å². The van der Waals surface area contributed by atoms with Crippen molar-refractivity contribution in [3.63, 3.8) is 0 Å². The quantitative estimate of drug-likeness (QED) is 0.562. The van der Waals surface area contributed by atoms with Crippen LogP contribution in [0.1, 0.15) is 32.8 Å². The molecule has 5 N–H and O–H groups in total. The summed E-state index contributed by atoms with van der Waals surface area (Å²) < 4.78 is 29.1. The predicted molar refractivity (Wildman–Crippen MR) is 98.1 cm³/mol. The van der Waals surface area contributed by atoms with E-state index in [4.69, 9.17) is 11.5 Å². The molecule has 0 heterocycles. The Bertz CT molecular complexity index is 665. The first-order valence-corrected chi connectivity index (χ1v) is 8.74. The number of rotatable bonds is 10. The molecule has 1 amide bonds. The lowest BCUT2D eigenvalue weighted by atomic mass is 9.89. The summed E-state index contributed by atoms with van der Waals surface area (Å²) in [5.41, 5.74) is 11.7. The normalized spacial score (nSPS) is 15.1. The summed E-state index contributed by atoms with van der Waals surface area (Å²) in [6.07, 6.45) is 0.0315. The fraction of sp³-hybridized carbons (Fsp3) is 0.526. The molecule has 8 heteroatoms. The second-order valence-electron chi connectivity index (χ2n) is 7.05. The average molecular weight is 383 g/mol. The molecular weight excluding hydrogens is 356 g/mol. The number of nitrogens with one attached hydrogen (secondary N) is 1. The van der Waals surface area contributed by atoms with Gasteiger partial charge in [0, 0.05) is 6.92 Å². The standard InChI is InChI=1S/C19H27F2N3O3/c1-11(2)9-15(24-12(3)25)16(26)17(23)19(20,21)18(27)14(22)10-13-7-5-4-6-8-13/h4-8,11,14-15,17H,9-10,22-23H2,1-3H3,(H,24,25)/t14?,15-,17?/m0/s1. The third-order valence-electron chi connectivity index (χ3n) is 4.09. The molecule has 1 aromatic carbocycles. The van der Waals surface area contributed by atoms with E-state index < -0.39 is 41.5 Å². The van der Waals surface area contributed by atoms with E-state index in [9.17, 15) is 23.2 Å². The number of amides is 1. The van der Waals surface area contributed by atoms with Crippen molar-refractivity contribution in [2.24, 2.45) is 17.4 Å². The number of Topliss-reactive ketones (excluding diaryl/α,β-unsaturated/α-hetero) is 2. The lowest BCUT2D eigenvalue weighted by Crippen LogP contribution is -2.61. The second-order valence-corrected chi connectivity index (χ2v) is 7.05. The summed E-state index contributed by atoms with van der Waals surface area (Å²) in [6, 6.07) is 3.37. The number of carbonyl (C=O) groups is 3. The Morgan fingerprint density at radius 2 is 1.67 bits per heavy atom. The minimum Gasteiger partial charge on any atom is -0.346 e. The summed E-state index contributed by atoms with van der Waals surface area (Å²) in [5.74, 6) is -7.43. The fourth-order valence-electron chi connectivity index (χ4n) is 2.72. The van der Waals surface area contributed by atoms with Crippen LogP contribution in [0.2, 0.25) is 0 Å². The number of carbonyl (C=O) groups excluding carboxylic acids is 3. The highest BCUT2D eigenvalue weighted by Crippen LogP contribution is 2.24. The maximum atomic E-state index is 14.6. The summed E-state index contributed by atoms with van der Waals surface area (Å²) in [6.45, 7) is 4.71. The van der Waals surface area contributed by atoms with Crippen LogP contribution in [0.4, 0.5) is 8.78 Å². The molecule has 3 atom stereocenters. The van der Waals surface area contributed by atoms with Gasteiger partial charge in [-0.05, 0) is 24.3 Å². The zero-order valence-electron chi connectivity index (χ0n) is 15.7. The second kappa shape index (κ2) is 9.66. The zero-order valence-corrected chi connectivity index (χ0v) is 15.7. The van der Waals surface area contributed by atoms with Gasteiger partial charge in [-0.2, -0.15) is 8.78 Å². The Hall–Kier alpha value is -2.19. The van der Waals surface area contributed by atoms with Gasteiger partial charge in [0.15, 0.2) is 5.78 Å². The number of hydrogen-bond acceptors (Lipinski definition) is 5. The van der Waals surface area contributed by atoms with Crippen LogP contribution in [0.5, 0.6) is 0 Å². The van der Waals surface area contributed by atoms with Gasteiger partial charge in [0.05, 0.1) is 12.1 Å². The van der Waals surface area contributed by atoms with E-state index in [1.807, 2.05) is 0 Å². The molecule has 0 radical (unpaired) electrons. The largest absolute Gasteiger partial charge is 0.346 e. The monoisotopic (exact) mass is 383 g/mol. The van der Waals surface area contributed by atoms with Gasteiger partial charge in [-0.25, -0.2) is 0 Å². The SMILES string of the molecule is CC(=O)N[C@@H](CC(C)C)C(=O)C(N)C(F)(F)C(=O)C(N)Cc1ccccc1. The third-order valence-corrected chi connectivity index (χ3v) is 4.09. The van der Waals surface area contributed by atoms with Crippen molar-refractivity contribution in [1.29, 1.82) is 0 Å². The highest BCUT2D eigenvalue weighted by molar-refractivity contribution is 6.00. The van der Waals surface area contributed by atoms with Crippen LogP contribution in [0.3, 0.4) is 0 Å². The fourth-order valence-corrected chi connectivity index (χ4v) is 2.72. The minimum absolute atomic E-state index is 0.0531. The van der Waals surface area contributed by atoms with Gasteiger partial charge in [-0.1, -0.05) is 44.2 Å². The Kier molecular flexibility index (Phi) is 8.18. The van der Waals surface area contributed by atoms with Crippen LogP contribution in [0.25, 0.3) is 0 Å². The van der Waals surface area contributed by atoms with Gasteiger partial charge < -0.3 is 16.8 Å². The Morgan fingerprint density at radius 1 is 1.11 bits per heavy atom. The molecule has 150 valence electrons. The van der Waals surface area contributed by atoms with Gasteiger partial charge in [0.25, 0.3) is 0 Å². The first-order valence-electron chi connectivity index (χ1n) is 8.74. The number of halogens is 2. The van der Waals surface area contributed by atoms with Gasteiger partial charge in [0.2, 0.25) is 11.7 Å². The molecule has 0 fully saturated rings. The van der Waals surface area contributed by atoms with E-state index in [-0.39, 0.29) is 18.8 Å². The van der Waals surface area contributed by atoms with Crippen LogP contribution in [0.15, 0.2) is 30.3 Å². The van der Waals surface area contributed by atoms with Crippen molar-refractivity contribution >= 4 is 17.5 Å². The molecule has 1 aromatic rings. The Labute approximate surface area is 157 Å². The zero-order chi connectivity index (χ0) is 20.8. The smallest absolute Gasteiger partial charge is 0.328 e. The summed E-state index contributed by atoms with van der Waals surface area (Å²) in [4.78, 5) is 35.9. The molecule has 0 aromatic heterocycles. The van der Waals surface area contributed by atoms with Crippen molar-refractivity contribution in [3.8, 4) is 0 Å². The number of ketones is 2. The van der Waals surface area contributed by atoms with Crippen LogP contribution >= 0.6 is 0 Å². The Balaban J connectivity index is 2.92. The molecule has 0 aliphatic rings. The van der Waals surface area contributed by atoms with Gasteiger partial charge >= 0.3 is 5.92 Å². The first-order chi connectivity index (χ1) is 12.5. The molecule has 6 nitrogen and oxygen atoms in total. The predicted octanol–water partition coefficient (Wildman–Crippen LogP) is 1.21. The highest BCUT2D eigenvalue weighted by atomic mass is 19.3. The molecule has 2 unspecified atom stereocenters. The van der Waals surface area contributed by atoms with Gasteiger partial charge in [-0.3, -0.25) is 14.4 Å². The molecule has 0 aliphatic heterocycles. The average Bonchev–Trinajstić information content (AvgIpc) is 2.59. The number of nitrogens with two attached hydrogens (primary N) is 2. The van der Waals surface area contributed by atoms with Crippen molar-refractivity contribution in [2.75, 3.05) is 0 Å². The molecule has 0 aliphatic carbocycles. The number of benzene rings is 1. The van der Waals surface area contributed by atoms with E-state index in [1.54, 1.807) is 44.2 Å². The van der Waals surface area contributed by atoms with E-state index in [0.29, 0.717) is 5.56 Å². The highest BCUT2D eigenvalue weighted by Gasteiger charge is 2.51. The topological polar surface area (TPSA) is 115 Å². The molecular formula is C19H27F2N3O3. The molecule has 0 saturated carbocycles. The summed E-state index contributed by atoms with van der Waals surface area (Å²) in [5, 5.41) is 2.33. The molecule has 0 spiro atoms. The maximum Gasteiger partial charge on any atom is 0.328 e. The van der Waals surface area contributed by atoms with E-state index in [1.165, 1.54) is 6.92 Å². The minimum atomic E-state index is -4.14. The Morgan fingerprint density at radius 3 is 2.15 bits per heavy atom. The number of hydrogen-bond donors (Lipinski definition) is 3. The van der Waals surface area contributed by atoms with Crippen LogP contribution in [0, 0.1) is 5.92 Å². The van der Waals surface area contributed by atoms with Crippen molar-refractivity contribution in [1.82, 2.24) is 5.32 Å². The summed E-state index contributed by atoms with van der Waals surface area (Å²) >= 11 is 0. The van der Waals surface area contributed by atoms with Crippen LogP contribution in [-0.4, -0.2) is 41.5 Å². The van der Waals surface area contributed by atoms with Crippen LogP contribution < -0.4 is 16.8 Å². The van der Waals surface area contributed by atoms with E-state index >= 15 is 0 Å². The third kappa shape index (κ3) is 6.48. The lowest BCUT2D eigenvalue weighted by molar-refractivity contribution is -0.153. The molecule has 1 rings (SSSR count). The van der Waals surface area contributed by atoms with Crippen molar-refractivity contribution < 1.29 is 23.2 Å². The van der Waals surface area contributed by atoms with Crippen LogP contribution in [-0.2, 0) is 20.8 Å². The maximum absolute atomic E-state index is 14.6.